The van der Waals surface area contributed by atoms with E-state index in [0.717, 1.165) is 0 Å². The van der Waals surface area contributed by atoms with Crippen molar-refractivity contribution in [3.8, 4) is 11.8 Å². The summed E-state index contributed by atoms with van der Waals surface area (Å²) in [5.41, 5.74) is 0.382. The van der Waals surface area contributed by atoms with Gasteiger partial charge in [0.05, 0.1) is 28.0 Å². The molecule has 110 valence electrons. The lowest BCUT2D eigenvalue weighted by atomic mass is 10.0. The van der Waals surface area contributed by atoms with E-state index in [2.05, 4.69) is 0 Å². The summed E-state index contributed by atoms with van der Waals surface area (Å²) in [6, 6.07) is 10.3. The highest BCUT2D eigenvalue weighted by Crippen LogP contribution is 2.36. The summed E-state index contributed by atoms with van der Waals surface area (Å²) in [5, 5.41) is 8.92. The Hall–Kier alpha value is -2.65. The third-order valence-corrected chi connectivity index (χ3v) is 5.29. The lowest BCUT2D eigenvalue weighted by Gasteiger charge is -2.19. The maximum atomic E-state index is 12.7. The topological polar surface area (TPSA) is 84.2 Å². The molecule has 0 atom stereocenters. The average Bonchev–Trinajstić information content (AvgIpc) is 2.52. The molecule has 22 heavy (non-hydrogen) atoms. The molecule has 1 aliphatic rings. The molecule has 6 heteroatoms. The van der Waals surface area contributed by atoms with Crippen LogP contribution in [0.2, 0.25) is 0 Å². The van der Waals surface area contributed by atoms with Gasteiger partial charge < -0.3 is 4.74 Å². The van der Waals surface area contributed by atoms with Crippen LogP contribution < -0.4 is 4.74 Å². The van der Waals surface area contributed by atoms with Crippen LogP contribution in [0.5, 0.6) is 5.75 Å². The van der Waals surface area contributed by atoms with Crippen LogP contribution in [0, 0.1) is 11.3 Å². The second-order valence-electron chi connectivity index (χ2n) is 4.75. The molecule has 1 aliphatic heterocycles. The Morgan fingerprint density at radius 2 is 1.86 bits per heavy atom. The fourth-order valence-electron chi connectivity index (χ4n) is 2.44. The molecular formula is C16H11NO4S. The van der Waals surface area contributed by atoms with E-state index in [1.807, 2.05) is 6.07 Å². The summed E-state index contributed by atoms with van der Waals surface area (Å²) in [6.45, 7) is 2.22. The molecule has 2 aromatic rings. The second-order valence-corrected chi connectivity index (χ2v) is 6.63. The zero-order valence-corrected chi connectivity index (χ0v) is 12.5. The molecule has 0 saturated carbocycles. The van der Waals surface area contributed by atoms with Crippen LogP contribution in [0.4, 0.5) is 0 Å². The highest BCUT2D eigenvalue weighted by Gasteiger charge is 2.35. The summed E-state index contributed by atoms with van der Waals surface area (Å²) >= 11 is 0. The number of nitriles is 1. The van der Waals surface area contributed by atoms with Crippen LogP contribution in [0.15, 0.2) is 46.2 Å². The number of carbonyl (C=O) groups is 1. The van der Waals surface area contributed by atoms with Gasteiger partial charge in [-0.05, 0) is 43.3 Å². The molecular weight excluding hydrogens is 302 g/mol. The van der Waals surface area contributed by atoms with Crippen molar-refractivity contribution in [3.63, 3.8) is 0 Å². The van der Waals surface area contributed by atoms with Crippen LogP contribution in [0.1, 0.15) is 28.4 Å². The van der Waals surface area contributed by atoms with E-state index >= 15 is 0 Å². The third kappa shape index (κ3) is 1.98. The summed E-state index contributed by atoms with van der Waals surface area (Å²) in [5.74, 6) is 0.0627. The van der Waals surface area contributed by atoms with Crippen molar-refractivity contribution in [1.82, 2.24) is 0 Å². The largest absolute Gasteiger partial charge is 0.494 e. The Kier molecular flexibility index (Phi) is 3.23. The van der Waals surface area contributed by atoms with Gasteiger partial charge in [0, 0.05) is 11.1 Å². The Morgan fingerprint density at radius 1 is 1.09 bits per heavy atom. The standard InChI is InChI=1S/C16H11NO4S/c1-2-21-11-4-6-14-13(8-11)16(18)12-5-3-10(9-17)7-15(12)22(14,19)20/h3-8H,2H2,1H3. The number of ketones is 1. The Morgan fingerprint density at radius 3 is 2.55 bits per heavy atom. The Balaban J connectivity index is 2.29. The van der Waals surface area contributed by atoms with Crippen molar-refractivity contribution in [3.05, 3.63) is 53.1 Å². The van der Waals surface area contributed by atoms with E-state index in [1.165, 1.54) is 36.4 Å². The van der Waals surface area contributed by atoms with Gasteiger partial charge in [0.15, 0.2) is 5.78 Å². The minimum absolute atomic E-state index is 0.0523. The lowest BCUT2D eigenvalue weighted by molar-refractivity contribution is 0.103. The monoisotopic (exact) mass is 313 g/mol. The van der Waals surface area contributed by atoms with Crippen LogP contribution in [0.25, 0.3) is 0 Å². The number of rotatable bonds is 2. The first kappa shape index (κ1) is 14.3. The van der Waals surface area contributed by atoms with Crippen molar-refractivity contribution >= 4 is 15.6 Å². The first-order chi connectivity index (χ1) is 10.5. The zero-order valence-electron chi connectivity index (χ0n) is 11.7. The number of sulfone groups is 1. The lowest BCUT2D eigenvalue weighted by Crippen LogP contribution is -2.20. The first-order valence-corrected chi connectivity index (χ1v) is 8.08. The SMILES string of the molecule is CCOc1ccc2c(c1)C(=O)c1ccc(C#N)cc1S2(=O)=O. The van der Waals surface area contributed by atoms with Gasteiger partial charge in [0.25, 0.3) is 0 Å². The quantitative estimate of drug-likeness (QED) is 0.725. The minimum atomic E-state index is -3.83. The van der Waals surface area contributed by atoms with Gasteiger partial charge in [-0.15, -0.1) is 0 Å². The average molecular weight is 313 g/mol. The third-order valence-electron chi connectivity index (χ3n) is 3.44. The fourth-order valence-corrected chi connectivity index (χ4v) is 4.10. The first-order valence-electron chi connectivity index (χ1n) is 6.60. The fraction of sp³-hybridized carbons (Fsp3) is 0.125. The summed E-state index contributed by atoms with van der Waals surface area (Å²) in [7, 11) is -3.83. The predicted octanol–water partition coefficient (Wildman–Crippen LogP) is 2.33. The van der Waals surface area contributed by atoms with Crippen LogP contribution in [-0.4, -0.2) is 20.8 Å². The summed E-state index contributed by atoms with van der Waals surface area (Å²) < 4.78 is 30.7. The highest BCUT2D eigenvalue weighted by atomic mass is 32.2. The molecule has 0 amide bonds. The van der Waals surface area contributed by atoms with Gasteiger partial charge >= 0.3 is 0 Å². The molecule has 0 aromatic heterocycles. The normalized spacial score (nSPS) is 14.6. The number of hydrogen-bond acceptors (Lipinski definition) is 5. The second kappa shape index (κ2) is 4.97. The van der Waals surface area contributed by atoms with Gasteiger partial charge in [0.2, 0.25) is 9.84 Å². The van der Waals surface area contributed by atoms with Gasteiger partial charge in [0.1, 0.15) is 5.75 Å². The zero-order chi connectivity index (χ0) is 15.9. The van der Waals surface area contributed by atoms with E-state index in [9.17, 15) is 13.2 Å². The smallest absolute Gasteiger partial charge is 0.208 e. The van der Waals surface area contributed by atoms with Crippen molar-refractivity contribution in [2.24, 2.45) is 0 Å². The number of hydrogen-bond donors (Lipinski definition) is 0. The molecule has 0 radical (unpaired) electrons. The van der Waals surface area contributed by atoms with E-state index in [0.29, 0.717) is 12.4 Å². The maximum absolute atomic E-state index is 12.7. The Labute approximate surface area is 127 Å². The van der Waals surface area contributed by atoms with E-state index < -0.39 is 9.84 Å². The predicted molar refractivity (Wildman–Crippen MR) is 77.7 cm³/mol. The highest BCUT2D eigenvalue weighted by molar-refractivity contribution is 7.91. The van der Waals surface area contributed by atoms with E-state index in [1.54, 1.807) is 6.92 Å². The molecule has 3 rings (SSSR count). The van der Waals surface area contributed by atoms with Gasteiger partial charge in [-0.2, -0.15) is 5.26 Å². The van der Waals surface area contributed by atoms with Gasteiger partial charge in [-0.3, -0.25) is 4.79 Å². The number of fused-ring (bicyclic) bond motifs is 2. The Bertz CT molecular complexity index is 939. The van der Waals surface area contributed by atoms with Crippen molar-refractivity contribution in [1.29, 1.82) is 5.26 Å². The molecule has 0 spiro atoms. The molecule has 0 fully saturated rings. The van der Waals surface area contributed by atoms with Crippen molar-refractivity contribution in [2.45, 2.75) is 16.7 Å². The number of nitrogens with zero attached hydrogens (tertiary/aromatic N) is 1. The summed E-state index contributed by atoms with van der Waals surface area (Å²) in [4.78, 5) is 12.4. The number of benzene rings is 2. The number of carbonyl (C=O) groups excluding carboxylic acids is 1. The number of ether oxygens (including phenoxy) is 1. The minimum Gasteiger partial charge on any atom is -0.494 e. The molecule has 0 unspecified atom stereocenters. The molecule has 0 N–H and O–H groups in total. The van der Waals surface area contributed by atoms with Crippen LogP contribution in [0.3, 0.4) is 0 Å². The molecule has 0 bridgehead atoms. The molecule has 5 nitrogen and oxygen atoms in total. The van der Waals surface area contributed by atoms with Gasteiger partial charge in [-0.25, -0.2) is 8.42 Å². The van der Waals surface area contributed by atoms with Crippen molar-refractivity contribution in [2.75, 3.05) is 6.61 Å². The van der Waals surface area contributed by atoms with E-state index in [-0.39, 0.29) is 32.3 Å². The van der Waals surface area contributed by atoms with Gasteiger partial charge in [-0.1, -0.05) is 0 Å². The molecule has 0 aliphatic carbocycles. The van der Waals surface area contributed by atoms with Crippen LogP contribution >= 0.6 is 0 Å². The van der Waals surface area contributed by atoms with Crippen molar-refractivity contribution < 1.29 is 17.9 Å². The van der Waals surface area contributed by atoms with E-state index in [4.69, 9.17) is 10.00 Å². The molecule has 2 aromatic carbocycles. The molecule has 0 saturated heterocycles. The summed E-state index contributed by atoms with van der Waals surface area (Å²) in [6.07, 6.45) is 0. The molecule has 1 heterocycles. The van der Waals surface area contributed by atoms with Crippen LogP contribution in [-0.2, 0) is 9.84 Å². The maximum Gasteiger partial charge on any atom is 0.208 e.